The molecule has 0 unspecified atom stereocenters. The standard InChI is InChI=1S/C20H21N7O/c1-14-9-16(25-24-14)13-26(2)20-21-8-7-19(23-20)15-11-22-27(12-15)17-5-4-6-18(10-17)28-3/h4-12H,13H2,1-3H3,(H,24,25). The zero-order valence-corrected chi connectivity index (χ0v) is 16.0. The highest BCUT2D eigenvalue weighted by atomic mass is 16.5. The SMILES string of the molecule is COc1cccc(-n2cc(-c3ccnc(N(C)Cc4cc(C)[nH]n4)n3)cn2)c1. The van der Waals surface area contributed by atoms with Crippen LogP contribution in [0.25, 0.3) is 16.9 Å². The molecular formula is C20H21N7O. The Morgan fingerprint density at radius 2 is 2.11 bits per heavy atom. The van der Waals surface area contributed by atoms with Gasteiger partial charge in [0.15, 0.2) is 0 Å². The number of aryl methyl sites for hydroxylation is 1. The van der Waals surface area contributed by atoms with Gasteiger partial charge in [-0.2, -0.15) is 10.2 Å². The Labute approximate surface area is 162 Å². The minimum atomic E-state index is 0.622. The van der Waals surface area contributed by atoms with Gasteiger partial charge >= 0.3 is 0 Å². The van der Waals surface area contributed by atoms with Crippen LogP contribution >= 0.6 is 0 Å². The Morgan fingerprint density at radius 3 is 2.89 bits per heavy atom. The predicted octanol–water partition coefficient (Wildman–Crippen LogP) is 3.01. The summed E-state index contributed by atoms with van der Waals surface area (Å²) in [4.78, 5) is 11.0. The maximum absolute atomic E-state index is 5.29. The van der Waals surface area contributed by atoms with E-state index in [0.29, 0.717) is 12.5 Å². The lowest BCUT2D eigenvalue weighted by Gasteiger charge is -2.15. The Kier molecular flexibility index (Phi) is 4.76. The van der Waals surface area contributed by atoms with Crippen LogP contribution in [0.2, 0.25) is 0 Å². The number of methoxy groups -OCH3 is 1. The lowest BCUT2D eigenvalue weighted by Crippen LogP contribution is -2.19. The van der Waals surface area contributed by atoms with Crippen molar-refractivity contribution in [2.24, 2.45) is 0 Å². The third kappa shape index (κ3) is 3.71. The van der Waals surface area contributed by atoms with Crippen molar-refractivity contribution in [2.45, 2.75) is 13.5 Å². The van der Waals surface area contributed by atoms with Crippen LogP contribution in [0, 0.1) is 6.92 Å². The summed E-state index contributed by atoms with van der Waals surface area (Å²) in [5.74, 6) is 1.42. The monoisotopic (exact) mass is 375 g/mol. The Balaban J connectivity index is 1.57. The summed E-state index contributed by atoms with van der Waals surface area (Å²) in [5.41, 5.74) is 4.62. The van der Waals surface area contributed by atoms with Crippen molar-refractivity contribution in [3.8, 4) is 22.7 Å². The van der Waals surface area contributed by atoms with Gasteiger partial charge < -0.3 is 9.64 Å². The average molecular weight is 375 g/mol. The second-order valence-corrected chi connectivity index (χ2v) is 6.52. The minimum Gasteiger partial charge on any atom is -0.497 e. The van der Waals surface area contributed by atoms with Gasteiger partial charge in [0, 0.05) is 36.8 Å². The van der Waals surface area contributed by atoms with Crippen LogP contribution in [0.4, 0.5) is 5.95 Å². The predicted molar refractivity (Wildman–Crippen MR) is 107 cm³/mol. The second kappa shape index (κ2) is 7.51. The molecule has 0 spiro atoms. The third-order valence-electron chi connectivity index (χ3n) is 4.34. The zero-order valence-electron chi connectivity index (χ0n) is 16.0. The molecule has 4 rings (SSSR count). The largest absolute Gasteiger partial charge is 0.497 e. The van der Waals surface area contributed by atoms with Crippen LogP contribution in [0.3, 0.4) is 0 Å². The molecule has 0 saturated heterocycles. The summed E-state index contributed by atoms with van der Waals surface area (Å²) < 4.78 is 7.09. The molecule has 0 aliphatic rings. The van der Waals surface area contributed by atoms with Gasteiger partial charge in [-0.15, -0.1) is 0 Å². The summed E-state index contributed by atoms with van der Waals surface area (Å²) in [6, 6.07) is 11.6. The highest BCUT2D eigenvalue weighted by molar-refractivity contribution is 5.59. The van der Waals surface area contributed by atoms with Gasteiger partial charge in [-0.3, -0.25) is 5.10 Å². The van der Waals surface area contributed by atoms with Gasteiger partial charge in [0.25, 0.3) is 0 Å². The first-order chi connectivity index (χ1) is 13.6. The van der Waals surface area contributed by atoms with Gasteiger partial charge in [0.1, 0.15) is 5.75 Å². The highest BCUT2D eigenvalue weighted by Crippen LogP contribution is 2.22. The van der Waals surface area contributed by atoms with E-state index in [1.54, 1.807) is 24.2 Å². The first-order valence-corrected chi connectivity index (χ1v) is 8.87. The average Bonchev–Trinajstić information content (AvgIpc) is 3.37. The van der Waals surface area contributed by atoms with E-state index in [2.05, 4.69) is 25.3 Å². The molecular weight excluding hydrogens is 354 g/mol. The Bertz CT molecular complexity index is 1090. The van der Waals surface area contributed by atoms with Crippen LogP contribution < -0.4 is 9.64 Å². The number of benzene rings is 1. The van der Waals surface area contributed by atoms with Gasteiger partial charge in [-0.25, -0.2) is 14.6 Å². The molecule has 3 heterocycles. The molecule has 0 fully saturated rings. The van der Waals surface area contributed by atoms with Crippen LogP contribution in [0.15, 0.2) is 55.0 Å². The maximum atomic E-state index is 5.29. The van der Waals surface area contributed by atoms with Crippen molar-refractivity contribution in [1.82, 2.24) is 29.9 Å². The molecule has 0 aliphatic carbocycles. The maximum Gasteiger partial charge on any atom is 0.225 e. The summed E-state index contributed by atoms with van der Waals surface area (Å²) in [7, 11) is 3.60. The topological polar surface area (TPSA) is 84.8 Å². The quantitative estimate of drug-likeness (QED) is 0.558. The molecule has 8 heteroatoms. The smallest absolute Gasteiger partial charge is 0.225 e. The third-order valence-corrected chi connectivity index (χ3v) is 4.34. The van der Waals surface area contributed by atoms with Crippen LogP contribution in [-0.4, -0.2) is 44.1 Å². The van der Waals surface area contributed by atoms with Gasteiger partial charge in [-0.05, 0) is 31.2 Å². The number of hydrogen-bond acceptors (Lipinski definition) is 6. The number of hydrogen-bond donors (Lipinski definition) is 1. The van der Waals surface area contributed by atoms with E-state index in [1.165, 1.54) is 0 Å². The number of rotatable bonds is 6. The van der Waals surface area contributed by atoms with Crippen molar-refractivity contribution in [3.63, 3.8) is 0 Å². The first kappa shape index (κ1) is 17.7. The fourth-order valence-corrected chi connectivity index (χ4v) is 2.91. The molecule has 3 aromatic heterocycles. The van der Waals surface area contributed by atoms with Crippen LogP contribution in [-0.2, 0) is 6.54 Å². The molecule has 0 aliphatic heterocycles. The van der Waals surface area contributed by atoms with E-state index in [-0.39, 0.29) is 0 Å². The molecule has 0 amide bonds. The number of ether oxygens (including phenoxy) is 1. The Morgan fingerprint density at radius 1 is 1.21 bits per heavy atom. The number of aromatic nitrogens is 6. The van der Waals surface area contributed by atoms with Crippen molar-refractivity contribution < 1.29 is 4.74 Å². The molecule has 142 valence electrons. The molecule has 1 N–H and O–H groups in total. The lowest BCUT2D eigenvalue weighted by atomic mass is 10.2. The summed E-state index contributed by atoms with van der Waals surface area (Å²) in [5, 5.41) is 11.7. The highest BCUT2D eigenvalue weighted by Gasteiger charge is 2.11. The minimum absolute atomic E-state index is 0.622. The molecule has 1 aromatic carbocycles. The van der Waals surface area contributed by atoms with Crippen molar-refractivity contribution in [2.75, 3.05) is 19.1 Å². The number of nitrogens with one attached hydrogen (secondary N) is 1. The van der Waals surface area contributed by atoms with E-state index in [1.807, 2.05) is 61.5 Å². The molecule has 0 saturated carbocycles. The fraction of sp³-hybridized carbons (Fsp3) is 0.200. The molecule has 8 nitrogen and oxygen atoms in total. The fourth-order valence-electron chi connectivity index (χ4n) is 2.91. The van der Waals surface area contributed by atoms with E-state index in [0.717, 1.165) is 34.1 Å². The molecule has 0 atom stereocenters. The van der Waals surface area contributed by atoms with Crippen molar-refractivity contribution in [1.29, 1.82) is 0 Å². The number of anilines is 1. The van der Waals surface area contributed by atoms with E-state index in [4.69, 9.17) is 4.74 Å². The van der Waals surface area contributed by atoms with E-state index < -0.39 is 0 Å². The molecule has 0 radical (unpaired) electrons. The summed E-state index contributed by atoms with van der Waals surface area (Å²) in [6.45, 7) is 2.60. The van der Waals surface area contributed by atoms with E-state index >= 15 is 0 Å². The normalized spacial score (nSPS) is 10.8. The van der Waals surface area contributed by atoms with Gasteiger partial charge in [0.2, 0.25) is 5.95 Å². The molecule has 0 bridgehead atoms. The van der Waals surface area contributed by atoms with Crippen molar-refractivity contribution >= 4 is 5.95 Å². The van der Waals surface area contributed by atoms with Gasteiger partial charge in [-0.1, -0.05) is 6.07 Å². The van der Waals surface area contributed by atoms with Crippen LogP contribution in [0.1, 0.15) is 11.4 Å². The Hall–Kier alpha value is -3.68. The number of nitrogens with zero attached hydrogens (tertiary/aromatic N) is 6. The number of H-pyrrole nitrogens is 1. The van der Waals surface area contributed by atoms with Crippen LogP contribution in [0.5, 0.6) is 5.75 Å². The lowest BCUT2D eigenvalue weighted by molar-refractivity contribution is 0.414. The zero-order chi connectivity index (χ0) is 19.5. The second-order valence-electron chi connectivity index (χ2n) is 6.52. The molecule has 28 heavy (non-hydrogen) atoms. The van der Waals surface area contributed by atoms with Crippen molar-refractivity contribution in [3.05, 3.63) is 66.4 Å². The molecule has 4 aromatic rings. The number of aromatic amines is 1. The van der Waals surface area contributed by atoms with E-state index in [9.17, 15) is 0 Å². The first-order valence-electron chi connectivity index (χ1n) is 8.87. The summed E-state index contributed by atoms with van der Waals surface area (Å²) >= 11 is 0. The summed E-state index contributed by atoms with van der Waals surface area (Å²) in [6.07, 6.45) is 5.49. The van der Waals surface area contributed by atoms with Gasteiger partial charge in [0.05, 0.1) is 36.9 Å².